The number of nitrogens with one attached hydrogen (secondary N) is 1. The van der Waals surface area contributed by atoms with Crippen LogP contribution in [0.2, 0.25) is 0 Å². The third-order valence-corrected chi connectivity index (χ3v) is 5.68. The van der Waals surface area contributed by atoms with Gasteiger partial charge in [-0.1, -0.05) is 12.1 Å². The number of nitrogens with zero attached hydrogens (tertiary/aromatic N) is 2. The van der Waals surface area contributed by atoms with Gasteiger partial charge in [0.15, 0.2) is 11.5 Å². The van der Waals surface area contributed by atoms with E-state index in [-0.39, 0.29) is 12.4 Å². The maximum absolute atomic E-state index is 5.69. The van der Waals surface area contributed by atoms with Gasteiger partial charge in [0.2, 0.25) is 6.79 Å². The number of para-hydroxylation sites is 1. The van der Waals surface area contributed by atoms with Crippen LogP contribution in [-0.4, -0.2) is 36.3 Å². The Morgan fingerprint density at radius 1 is 1.32 bits per heavy atom. The number of benzene rings is 1. The molecule has 25 heavy (non-hydrogen) atoms. The first-order chi connectivity index (χ1) is 11.8. The number of fused-ring (bicyclic) bond motifs is 1. The first kappa shape index (κ1) is 18.5. The molecule has 0 aliphatic carbocycles. The van der Waals surface area contributed by atoms with Crippen molar-refractivity contribution >= 4 is 23.7 Å². The van der Waals surface area contributed by atoms with E-state index in [0.29, 0.717) is 12.7 Å². The Morgan fingerprint density at radius 2 is 2.24 bits per heavy atom. The van der Waals surface area contributed by atoms with Crippen LogP contribution in [0.4, 0.5) is 0 Å². The number of hydrogen-bond donors (Lipinski definition) is 1. The fourth-order valence-electron chi connectivity index (χ4n) is 3.46. The Labute approximate surface area is 158 Å². The fraction of sp³-hybridized carbons (Fsp3) is 0.500. The summed E-state index contributed by atoms with van der Waals surface area (Å²) in [6.07, 6.45) is 1.25. The number of halogens is 1. The van der Waals surface area contributed by atoms with Gasteiger partial charge in [-0.2, -0.15) is 0 Å². The molecule has 0 radical (unpaired) electrons. The SMILES string of the molecule is Cc1ncsc1CN(Cc1cccc2c1OCO2)CC1CCNC1.Cl. The summed E-state index contributed by atoms with van der Waals surface area (Å²) in [5.74, 6) is 2.49. The standard InChI is InChI=1S/C18H23N3O2S.ClH/c1-13-17(24-11-20-13)10-21(8-14-5-6-19-7-14)9-15-3-2-4-16-18(15)23-12-22-16;/h2-4,11,14,19H,5-10,12H2,1H3;1H. The molecule has 1 N–H and O–H groups in total. The molecule has 0 saturated carbocycles. The lowest BCUT2D eigenvalue weighted by Crippen LogP contribution is -2.30. The Hall–Kier alpha value is -1.34. The summed E-state index contributed by atoms with van der Waals surface area (Å²) in [6, 6.07) is 6.17. The van der Waals surface area contributed by atoms with Crippen molar-refractivity contribution in [1.82, 2.24) is 15.2 Å². The maximum Gasteiger partial charge on any atom is 0.231 e. The van der Waals surface area contributed by atoms with Gasteiger partial charge < -0.3 is 14.8 Å². The molecule has 1 atom stereocenters. The Balaban J connectivity index is 0.00000182. The van der Waals surface area contributed by atoms with Crippen molar-refractivity contribution in [3.63, 3.8) is 0 Å². The highest BCUT2D eigenvalue weighted by Crippen LogP contribution is 2.36. The van der Waals surface area contributed by atoms with Gasteiger partial charge in [0.05, 0.1) is 11.2 Å². The molecule has 5 nitrogen and oxygen atoms in total. The lowest BCUT2D eigenvalue weighted by Gasteiger charge is -2.25. The van der Waals surface area contributed by atoms with Crippen LogP contribution < -0.4 is 14.8 Å². The van der Waals surface area contributed by atoms with E-state index in [1.807, 2.05) is 11.6 Å². The van der Waals surface area contributed by atoms with E-state index in [0.717, 1.165) is 49.9 Å². The Morgan fingerprint density at radius 3 is 3.00 bits per heavy atom. The van der Waals surface area contributed by atoms with E-state index in [4.69, 9.17) is 9.47 Å². The third kappa shape index (κ3) is 4.26. The summed E-state index contributed by atoms with van der Waals surface area (Å²) in [7, 11) is 0. The van der Waals surface area contributed by atoms with Gasteiger partial charge in [-0.15, -0.1) is 23.7 Å². The normalized spacial score (nSPS) is 18.6. The molecular formula is C18H24ClN3O2S. The van der Waals surface area contributed by atoms with Crippen LogP contribution in [0.3, 0.4) is 0 Å². The van der Waals surface area contributed by atoms with Gasteiger partial charge in [0.1, 0.15) is 0 Å². The molecular weight excluding hydrogens is 358 g/mol. The first-order valence-corrected chi connectivity index (χ1v) is 9.37. The molecule has 1 aromatic carbocycles. The highest BCUT2D eigenvalue weighted by Gasteiger charge is 2.23. The van der Waals surface area contributed by atoms with Crippen LogP contribution in [0.25, 0.3) is 0 Å². The van der Waals surface area contributed by atoms with Gasteiger partial charge >= 0.3 is 0 Å². The van der Waals surface area contributed by atoms with E-state index in [9.17, 15) is 0 Å². The van der Waals surface area contributed by atoms with Crippen molar-refractivity contribution in [2.45, 2.75) is 26.4 Å². The summed E-state index contributed by atoms with van der Waals surface area (Å²) in [6.45, 7) is 7.58. The average molecular weight is 382 g/mol. The minimum absolute atomic E-state index is 0. The Kier molecular flexibility index (Phi) is 6.17. The molecule has 2 aliphatic heterocycles. The van der Waals surface area contributed by atoms with Crippen LogP contribution in [0.5, 0.6) is 11.5 Å². The molecule has 3 heterocycles. The number of aryl methyl sites for hydroxylation is 1. The van der Waals surface area contributed by atoms with Crippen molar-refractivity contribution in [2.24, 2.45) is 5.92 Å². The monoisotopic (exact) mass is 381 g/mol. The number of hydrogen-bond acceptors (Lipinski definition) is 6. The molecule has 136 valence electrons. The minimum Gasteiger partial charge on any atom is -0.454 e. The molecule has 0 bridgehead atoms. The number of aromatic nitrogens is 1. The summed E-state index contributed by atoms with van der Waals surface area (Å²) in [5.41, 5.74) is 4.29. The zero-order chi connectivity index (χ0) is 16.4. The largest absolute Gasteiger partial charge is 0.454 e. The number of thiazole rings is 1. The van der Waals surface area contributed by atoms with Crippen molar-refractivity contribution in [3.05, 3.63) is 39.8 Å². The van der Waals surface area contributed by atoms with Crippen LogP contribution in [0.1, 0.15) is 22.6 Å². The molecule has 1 fully saturated rings. The maximum atomic E-state index is 5.69. The van der Waals surface area contributed by atoms with Crippen molar-refractivity contribution < 1.29 is 9.47 Å². The summed E-state index contributed by atoms with van der Waals surface area (Å²) in [5, 5.41) is 3.47. The molecule has 1 unspecified atom stereocenters. The molecule has 1 aromatic heterocycles. The van der Waals surface area contributed by atoms with Crippen LogP contribution >= 0.6 is 23.7 Å². The first-order valence-electron chi connectivity index (χ1n) is 8.49. The number of rotatable bonds is 6. The van der Waals surface area contributed by atoms with E-state index in [1.165, 1.54) is 16.9 Å². The highest BCUT2D eigenvalue weighted by atomic mass is 35.5. The van der Waals surface area contributed by atoms with E-state index < -0.39 is 0 Å². The summed E-state index contributed by atoms with van der Waals surface area (Å²) >= 11 is 1.75. The lowest BCUT2D eigenvalue weighted by molar-refractivity contribution is 0.170. The summed E-state index contributed by atoms with van der Waals surface area (Å²) < 4.78 is 11.2. The molecule has 1 saturated heterocycles. The minimum atomic E-state index is 0. The van der Waals surface area contributed by atoms with E-state index >= 15 is 0 Å². The smallest absolute Gasteiger partial charge is 0.231 e. The zero-order valence-electron chi connectivity index (χ0n) is 14.4. The topological polar surface area (TPSA) is 46.6 Å². The molecule has 0 amide bonds. The molecule has 4 rings (SSSR count). The summed E-state index contributed by atoms with van der Waals surface area (Å²) in [4.78, 5) is 8.28. The number of ether oxygens (including phenoxy) is 2. The fourth-order valence-corrected chi connectivity index (χ4v) is 4.28. The molecule has 2 aromatic rings. The van der Waals surface area contributed by atoms with Crippen LogP contribution in [0, 0.1) is 12.8 Å². The average Bonchev–Trinajstić information content (AvgIpc) is 3.31. The van der Waals surface area contributed by atoms with Crippen molar-refractivity contribution in [2.75, 3.05) is 26.4 Å². The second kappa shape index (κ2) is 8.36. The van der Waals surface area contributed by atoms with Crippen molar-refractivity contribution in [1.29, 1.82) is 0 Å². The second-order valence-corrected chi connectivity index (χ2v) is 7.48. The predicted octanol–water partition coefficient (Wildman–Crippen LogP) is 3.21. The molecule has 7 heteroatoms. The van der Waals surface area contributed by atoms with Gasteiger partial charge in [0.25, 0.3) is 0 Å². The molecule has 0 spiro atoms. The zero-order valence-corrected chi connectivity index (χ0v) is 16.0. The van der Waals surface area contributed by atoms with Gasteiger partial charge in [-0.05, 0) is 38.4 Å². The predicted molar refractivity (Wildman–Crippen MR) is 102 cm³/mol. The van der Waals surface area contributed by atoms with Crippen molar-refractivity contribution in [3.8, 4) is 11.5 Å². The highest BCUT2D eigenvalue weighted by molar-refractivity contribution is 7.09. The van der Waals surface area contributed by atoms with E-state index in [1.54, 1.807) is 11.3 Å². The van der Waals surface area contributed by atoms with E-state index in [2.05, 4.69) is 34.3 Å². The van der Waals surface area contributed by atoms with Gasteiger partial charge in [0, 0.05) is 30.1 Å². The van der Waals surface area contributed by atoms with Crippen LogP contribution in [0.15, 0.2) is 23.7 Å². The molecule has 2 aliphatic rings. The lowest BCUT2D eigenvalue weighted by atomic mass is 10.1. The second-order valence-electron chi connectivity index (χ2n) is 6.54. The third-order valence-electron chi connectivity index (χ3n) is 4.76. The van der Waals surface area contributed by atoms with Gasteiger partial charge in [-0.25, -0.2) is 4.98 Å². The Bertz CT molecular complexity index is 703. The van der Waals surface area contributed by atoms with Gasteiger partial charge in [-0.3, -0.25) is 4.90 Å². The quantitative estimate of drug-likeness (QED) is 0.832. The van der Waals surface area contributed by atoms with Crippen LogP contribution in [-0.2, 0) is 13.1 Å².